The van der Waals surface area contributed by atoms with E-state index in [1.54, 1.807) is 30.5 Å². The molecule has 4 heterocycles. The molecule has 0 saturated heterocycles. The van der Waals surface area contributed by atoms with E-state index in [-0.39, 0.29) is 29.7 Å². The third-order valence-electron chi connectivity index (χ3n) is 9.11. The summed E-state index contributed by atoms with van der Waals surface area (Å²) in [6, 6.07) is 2.77. The van der Waals surface area contributed by atoms with Gasteiger partial charge in [-0.2, -0.15) is 0 Å². The largest absolute Gasteiger partial charge is 0.458 e. The highest BCUT2D eigenvalue weighted by Gasteiger charge is 2.45. The van der Waals surface area contributed by atoms with Gasteiger partial charge in [0.2, 0.25) is 17.7 Å². The third-order valence-corrected chi connectivity index (χ3v) is 9.11. The van der Waals surface area contributed by atoms with Gasteiger partial charge in [0.15, 0.2) is 5.60 Å². The quantitative estimate of drug-likeness (QED) is 0.187. The van der Waals surface area contributed by atoms with E-state index in [1.165, 1.54) is 13.8 Å². The number of hydrogen-bond acceptors (Lipinski definition) is 9. The number of anilines is 1. The van der Waals surface area contributed by atoms with E-state index < -0.39 is 47.4 Å². The first-order valence-electron chi connectivity index (χ1n) is 15.2. The molecule has 0 bridgehead atoms. The number of carbonyl (C=O) groups excluding carboxylic acids is 4. The van der Waals surface area contributed by atoms with Crippen LogP contribution in [0.4, 0.5) is 5.69 Å². The van der Waals surface area contributed by atoms with E-state index >= 15 is 0 Å². The molecule has 3 aromatic rings. The third kappa shape index (κ3) is 4.86. The lowest BCUT2D eigenvalue weighted by molar-refractivity contribution is -0.172. The molecule has 0 spiro atoms. The molecule has 6 rings (SSSR count). The molecule has 236 valence electrons. The summed E-state index contributed by atoms with van der Waals surface area (Å²) in [6.45, 7) is 6.36. The van der Waals surface area contributed by atoms with Crippen LogP contribution in [0, 0.1) is 0 Å². The van der Waals surface area contributed by atoms with Crippen molar-refractivity contribution in [3.8, 4) is 11.4 Å². The summed E-state index contributed by atoms with van der Waals surface area (Å²) in [5.41, 5.74) is 9.27. The molecule has 2 aliphatic heterocycles. The van der Waals surface area contributed by atoms with Gasteiger partial charge in [0.05, 0.1) is 35.1 Å². The molecular formula is C32H36N6O7. The molecule has 6 N–H and O–H groups in total. The molecule has 0 radical (unpaired) electrons. The van der Waals surface area contributed by atoms with E-state index in [1.807, 2.05) is 6.07 Å². The molecule has 2 aromatic heterocycles. The maximum absolute atomic E-state index is 13.6. The van der Waals surface area contributed by atoms with E-state index in [0.717, 1.165) is 34.9 Å². The number of aromatic nitrogens is 2. The van der Waals surface area contributed by atoms with Gasteiger partial charge in [0.25, 0.3) is 5.56 Å². The lowest BCUT2D eigenvalue weighted by Gasteiger charge is -2.31. The molecule has 13 heteroatoms. The van der Waals surface area contributed by atoms with Crippen LogP contribution >= 0.6 is 0 Å². The minimum atomic E-state index is -1.90. The number of nitrogens with one attached hydrogen (secondary N) is 3. The van der Waals surface area contributed by atoms with E-state index in [9.17, 15) is 29.1 Å². The summed E-state index contributed by atoms with van der Waals surface area (Å²) in [6.07, 6.45) is 2.33. The molecule has 1 aromatic carbocycles. The Morgan fingerprint density at radius 1 is 1.02 bits per heavy atom. The Morgan fingerprint density at radius 3 is 2.42 bits per heavy atom. The molecule has 3 aliphatic rings. The number of aryl methyl sites for hydroxylation is 2. The van der Waals surface area contributed by atoms with Gasteiger partial charge in [-0.05, 0) is 75.8 Å². The van der Waals surface area contributed by atoms with Crippen LogP contribution in [0.2, 0.25) is 0 Å². The van der Waals surface area contributed by atoms with Crippen molar-refractivity contribution >= 4 is 40.3 Å². The zero-order chi connectivity index (χ0) is 32.4. The van der Waals surface area contributed by atoms with Crippen LogP contribution in [0.1, 0.15) is 68.4 Å². The lowest BCUT2D eigenvalue weighted by Crippen LogP contribution is -2.52. The first kappa shape index (κ1) is 30.4. The molecule has 0 fully saturated rings. The second-order valence-corrected chi connectivity index (χ2v) is 12.1. The van der Waals surface area contributed by atoms with Crippen LogP contribution in [0.3, 0.4) is 0 Å². The maximum Gasteiger partial charge on any atom is 0.343 e. The SMILES string of the molecule is CC[C@@]1(O)C(=O)OCc2c1cc1n(c2=O)Cc2c-1nc1ccc(NC(=O)[C@H](C)NC(=O)[C@H](C)NC(=O)[C@H](C)N)c3c1c2CCC3. The number of benzene rings is 1. The van der Waals surface area contributed by atoms with Gasteiger partial charge in [-0.25, -0.2) is 9.78 Å². The molecule has 0 unspecified atom stereocenters. The van der Waals surface area contributed by atoms with Gasteiger partial charge in [-0.15, -0.1) is 0 Å². The van der Waals surface area contributed by atoms with Crippen molar-refractivity contribution in [3.05, 3.63) is 56.4 Å². The van der Waals surface area contributed by atoms with Gasteiger partial charge >= 0.3 is 5.97 Å². The second kappa shape index (κ2) is 11.1. The van der Waals surface area contributed by atoms with Crippen molar-refractivity contribution in [2.45, 2.75) is 90.3 Å². The number of rotatable bonds is 7. The fraction of sp³-hybridized carbons (Fsp3) is 0.438. The highest BCUT2D eigenvalue weighted by molar-refractivity contribution is 6.02. The number of esters is 1. The van der Waals surface area contributed by atoms with Crippen molar-refractivity contribution in [2.75, 3.05) is 5.32 Å². The summed E-state index contributed by atoms with van der Waals surface area (Å²) in [4.78, 5) is 68.7. The van der Waals surface area contributed by atoms with Gasteiger partial charge in [0, 0.05) is 22.2 Å². The maximum atomic E-state index is 13.6. The zero-order valence-corrected chi connectivity index (χ0v) is 25.6. The number of fused-ring (bicyclic) bond motifs is 5. The van der Waals surface area contributed by atoms with Gasteiger partial charge in [-0.1, -0.05) is 6.92 Å². The van der Waals surface area contributed by atoms with E-state index in [0.29, 0.717) is 35.6 Å². The van der Waals surface area contributed by atoms with Crippen molar-refractivity contribution in [1.82, 2.24) is 20.2 Å². The van der Waals surface area contributed by atoms with Gasteiger partial charge in [-0.3, -0.25) is 19.2 Å². The number of ether oxygens (including phenoxy) is 1. The molecule has 3 amide bonds. The molecule has 1 aliphatic carbocycles. The Morgan fingerprint density at radius 2 is 1.71 bits per heavy atom. The van der Waals surface area contributed by atoms with Crippen LogP contribution in [0.15, 0.2) is 23.0 Å². The summed E-state index contributed by atoms with van der Waals surface area (Å²) in [7, 11) is 0. The number of cyclic esters (lactones) is 1. The van der Waals surface area contributed by atoms with Crippen LogP contribution in [-0.2, 0) is 55.5 Å². The predicted molar refractivity (Wildman–Crippen MR) is 164 cm³/mol. The smallest absolute Gasteiger partial charge is 0.343 e. The Kier molecular flexibility index (Phi) is 7.48. The Balaban J connectivity index is 1.32. The average molecular weight is 617 g/mol. The fourth-order valence-electron chi connectivity index (χ4n) is 6.49. The number of nitrogens with two attached hydrogens (primary N) is 1. The summed E-state index contributed by atoms with van der Waals surface area (Å²) in [5.74, 6) is -2.17. The molecular weight excluding hydrogens is 580 g/mol. The Hall–Kier alpha value is -4.62. The number of hydrogen-bond donors (Lipinski definition) is 5. The Bertz CT molecular complexity index is 1870. The summed E-state index contributed by atoms with van der Waals surface area (Å²) < 4.78 is 6.81. The highest BCUT2D eigenvalue weighted by atomic mass is 16.6. The van der Waals surface area contributed by atoms with Crippen molar-refractivity contribution in [2.24, 2.45) is 5.73 Å². The summed E-state index contributed by atoms with van der Waals surface area (Å²) >= 11 is 0. The number of aliphatic hydroxyl groups is 1. The fourth-order valence-corrected chi connectivity index (χ4v) is 6.49. The number of carbonyl (C=O) groups is 4. The normalized spacial score (nSPS) is 19.8. The molecule has 13 nitrogen and oxygen atoms in total. The van der Waals surface area contributed by atoms with Crippen molar-refractivity contribution in [1.29, 1.82) is 0 Å². The van der Waals surface area contributed by atoms with Crippen LogP contribution in [-0.4, -0.2) is 56.5 Å². The molecule has 0 saturated carbocycles. The number of amides is 3. The first-order chi connectivity index (χ1) is 21.3. The standard InChI is InChI=1S/C32H36N6O7/c1-5-32(44)21-11-24-26-19(12-38(24)30(42)20(21)13-45-31(32)43)17-7-6-8-18-22(9-10-23(36-26)25(17)18)37-29(41)16(4)35-28(40)15(3)34-27(39)14(2)33/h9-11,14-16,44H,5-8,12-13,33H2,1-4H3,(H,34,39)(H,35,40)(H,37,41)/t14-,15-,16-,32-/m0/s1. The van der Waals surface area contributed by atoms with Gasteiger partial charge < -0.3 is 36.1 Å². The second-order valence-electron chi connectivity index (χ2n) is 12.1. The number of pyridine rings is 2. The monoisotopic (exact) mass is 616 g/mol. The van der Waals surface area contributed by atoms with Gasteiger partial charge in [0.1, 0.15) is 18.7 Å². The average Bonchev–Trinajstić information content (AvgIpc) is 3.39. The van der Waals surface area contributed by atoms with Crippen LogP contribution < -0.4 is 27.2 Å². The minimum Gasteiger partial charge on any atom is -0.458 e. The minimum absolute atomic E-state index is 0.0638. The number of nitrogens with zero attached hydrogens (tertiary/aromatic N) is 2. The molecule has 4 atom stereocenters. The van der Waals surface area contributed by atoms with E-state index in [2.05, 4.69) is 16.0 Å². The predicted octanol–water partition coefficient (Wildman–Crippen LogP) is 0.863. The van der Waals surface area contributed by atoms with E-state index in [4.69, 9.17) is 15.5 Å². The molecule has 45 heavy (non-hydrogen) atoms. The highest BCUT2D eigenvalue weighted by Crippen LogP contribution is 2.43. The summed E-state index contributed by atoms with van der Waals surface area (Å²) in [5, 5.41) is 20.2. The zero-order valence-electron chi connectivity index (χ0n) is 25.6. The first-order valence-corrected chi connectivity index (χ1v) is 15.2. The van der Waals surface area contributed by atoms with Crippen LogP contribution in [0.5, 0.6) is 0 Å². The Labute approximate surface area is 258 Å². The van der Waals surface area contributed by atoms with Crippen molar-refractivity contribution in [3.63, 3.8) is 0 Å². The van der Waals surface area contributed by atoms with Crippen LogP contribution in [0.25, 0.3) is 22.3 Å². The van der Waals surface area contributed by atoms with Crippen molar-refractivity contribution < 1.29 is 29.0 Å². The lowest BCUT2D eigenvalue weighted by atomic mass is 9.85. The topological polar surface area (TPSA) is 195 Å².